The van der Waals surface area contributed by atoms with Crippen LogP contribution in [-0.4, -0.2) is 7.85 Å². The Morgan fingerprint density at radius 1 is 0.349 bits per heavy atom. The molecular weight excluding hydrogens is 515 g/mol. The largest absolute Gasteiger partial charge is 0.139 e. The molecule has 2 atom stereocenters. The van der Waals surface area contributed by atoms with Crippen molar-refractivity contribution in [2.24, 2.45) is 0 Å². The average Bonchev–Trinajstić information content (AvgIpc) is 3.07. The van der Waals surface area contributed by atoms with Crippen LogP contribution >= 0.6 is 0 Å². The SMILES string of the molecule is Bc1ccc2c(c1)C(c1ccc3ccccc3c1)c1c(c3ccccc3c3ccccc13)C2c1ccc2ccccc2c1. The van der Waals surface area contributed by atoms with Crippen molar-refractivity contribution < 1.29 is 0 Å². The van der Waals surface area contributed by atoms with Crippen LogP contribution in [0, 0.1) is 0 Å². The van der Waals surface area contributed by atoms with Gasteiger partial charge >= 0.3 is 0 Å². The third-order valence-electron chi connectivity index (χ3n) is 9.67. The van der Waals surface area contributed by atoms with Crippen molar-refractivity contribution in [1.29, 1.82) is 0 Å². The van der Waals surface area contributed by atoms with Crippen LogP contribution in [0.1, 0.15) is 45.2 Å². The Kier molecular flexibility index (Phi) is 5.37. The molecule has 8 aromatic carbocycles. The second-order valence-corrected chi connectivity index (χ2v) is 12.1. The molecule has 0 nitrogen and oxygen atoms in total. The first-order chi connectivity index (χ1) is 21.2. The van der Waals surface area contributed by atoms with Crippen LogP contribution in [0.2, 0.25) is 0 Å². The van der Waals surface area contributed by atoms with Crippen LogP contribution in [0.4, 0.5) is 0 Å². The summed E-state index contributed by atoms with van der Waals surface area (Å²) < 4.78 is 0. The van der Waals surface area contributed by atoms with Gasteiger partial charge in [0.25, 0.3) is 0 Å². The normalized spacial score (nSPS) is 16.0. The first-order valence-electron chi connectivity index (χ1n) is 15.3. The zero-order valence-electron chi connectivity index (χ0n) is 24.1. The van der Waals surface area contributed by atoms with E-state index in [9.17, 15) is 0 Å². The summed E-state index contributed by atoms with van der Waals surface area (Å²) in [6, 6.07) is 57.0. The molecule has 0 spiro atoms. The predicted molar refractivity (Wildman–Crippen MR) is 186 cm³/mol. The molecule has 0 radical (unpaired) electrons. The van der Waals surface area contributed by atoms with Crippen LogP contribution in [-0.2, 0) is 0 Å². The van der Waals surface area contributed by atoms with Crippen molar-refractivity contribution in [3.63, 3.8) is 0 Å². The lowest BCUT2D eigenvalue weighted by atomic mass is 9.65. The number of rotatable bonds is 2. The van der Waals surface area contributed by atoms with E-state index in [4.69, 9.17) is 0 Å². The minimum absolute atomic E-state index is 0.126. The Morgan fingerprint density at radius 3 is 1.33 bits per heavy atom. The van der Waals surface area contributed by atoms with Gasteiger partial charge in [-0.05, 0) is 76.5 Å². The average molecular weight is 545 g/mol. The summed E-state index contributed by atoms with van der Waals surface area (Å²) in [6.07, 6.45) is 0. The number of benzene rings is 8. The Labute approximate surface area is 252 Å². The third kappa shape index (κ3) is 3.71. The standard InChI is InChI=1S/C42H29B/c43-32-21-22-37-38(25-32)40(31-20-18-27-10-2-4-12-29(27)24-31)42-36-16-8-6-14-34(36)33-13-5-7-15-35(33)41(42)39(37)30-19-17-26-9-1-3-11-28(26)23-30/h1-25,39-40H,43H2. The molecule has 0 aromatic heterocycles. The Morgan fingerprint density at radius 2 is 0.791 bits per heavy atom. The van der Waals surface area contributed by atoms with E-state index >= 15 is 0 Å². The molecular formula is C42H29B. The molecule has 0 fully saturated rings. The minimum Gasteiger partial charge on any atom is -0.0886 e. The van der Waals surface area contributed by atoms with Crippen LogP contribution < -0.4 is 5.46 Å². The van der Waals surface area contributed by atoms with Gasteiger partial charge in [0.2, 0.25) is 0 Å². The minimum atomic E-state index is 0.126. The van der Waals surface area contributed by atoms with Crippen molar-refractivity contribution >= 4 is 56.4 Å². The first-order valence-corrected chi connectivity index (χ1v) is 15.3. The molecule has 0 saturated carbocycles. The van der Waals surface area contributed by atoms with Crippen LogP contribution in [0.3, 0.4) is 0 Å². The highest BCUT2D eigenvalue weighted by Crippen LogP contribution is 2.53. The van der Waals surface area contributed by atoms with Gasteiger partial charge in [-0.15, -0.1) is 0 Å². The Balaban J connectivity index is 1.46. The molecule has 1 heteroatoms. The second kappa shape index (κ2) is 9.44. The van der Waals surface area contributed by atoms with Crippen LogP contribution in [0.15, 0.2) is 152 Å². The van der Waals surface area contributed by atoms with Gasteiger partial charge in [-0.3, -0.25) is 0 Å². The van der Waals surface area contributed by atoms with Gasteiger partial charge in [0.05, 0.1) is 0 Å². The molecule has 2 unspecified atom stereocenters. The predicted octanol–water partition coefficient (Wildman–Crippen LogP) is 9.23. The highest BCUT2D eigenvalue weighted by Gasteiger charge is 2.37. The quantitative estimate of drug-likeness (QED) is 0.150. The van der Waals surface area contributed by atoms with Gasteiger partial charge in [0.15, 0.2) is 0 Å². The monoisotopic (exact) mass is 544 g/mol. The first kappa shape index (κ1) is 24.5. The summed E-state index contributed by atoms with van der Waals surface area (Å²) in [5, 5.41) is 10.5. The van der Waals surface area contributed by atoms with E-state index in [0.29, 0.717) is 0 Å². The van der Waals surface area contributed by atoms with Gasteiger partial charge < -0.3 is 0 Å². The molecule has 0 bridgehead atoms. The summed E-state index contributed by atoms with van der Waals surface area (Å²) in [6.45, 7) is 0. The van der Waals surface area contributed by atoms with Gasteiger partial charge in [-0.25, -0.2) is 0 Å². The highest BCUT2D eigenvalue weighted by molar-refractivity contribution is 6.32. The summed E-state index contributed by atoms with van der Waals surface area (Å²) in [5.41, 5.74) is 9.72. The maximum absolute atomic E-state index is 2.45. The second-order valence-electron chi connectivity index (χ2n) is 12.1. The van der Waals surface area contributed by atoms with Crippen LogP contribution in [0.5, 0.6) is 0 Å². The van der Waals surface area contributed by atoms with Gasteiger partial charge in [-0.2, -0.15) is 0 Å². The van der Waals surface area contributed by atoms with Crippen LogP contribution in [0.25, 0.3) is 43.1 Å². The van der Waals surface area contributed by atoms with E-state index in [1.165, 1.54) is 81.9 Å². The Bertz CT molecular complexity index is 2380. The van der Waals surface area contributed by atoms with E-state index < -0.39 is 0 Å². The molecule has 0 N–H and O–H groups in total. The summed E-state index contributed by atoms with van der Waals surface area (Å²) in [4.78, 5) is 0. The number of hydrogen-bond donors (Lipinski definition) is 0. The summed E-state index contributed by atoms with van der Waals surface area (Å²) in [5.74, 6) is 0.252. The van der Waals surface area contributed by atoms with E-state index in [0.717, 1.165) is 0 Å². The maximum atomic E-state index is 2.45. The molecule has 9 rings (SSSR count). The molecule has 1 aliphatic carbocycles. The molecule has 0 aliphatic heterocycles. The van der Waals surface area contributed by atoms with Crippen molar-refractivity contribution in [2.45, 2.75) is 11.8 Å². The van der Waals surface area contributed by atoms with Gasteiger partial charge in [-0.1, -0.05) is 157 Å². The topological polar surface area (TPSA) is 0 Å². The molecule has 8 aromatic rings. The highest BCUT2D eigenvalue weighted by atomic mass is 14.4. The molecule has 0 heterocycles. The summed E-state index contributed by atoms with van der Waals surface area (Å²) >= 11 is 0. The fourth-order valence-electron chi connectivity index (χ4n) is 7.80. The molecule has 0 amide bonds. The number of fused-ring (bicyclic) bond motifs is 9. The van der Waals surface area contributed by atoms with E-state index in [2.05, 4.69) is 160 Å². The lowest BCUT2D eigenvalue weighted by Gasteiger charge is -2.37. The zero-order valence-corrected chi connectivity index (χ0v) is 24.1. The lowest BCUT2D eigenvalue weighted by Crippen LogP contribution is -2.23. The molecule has 1 aliphatic rings. The van der Waals surface area contributed by atoms with E-state index in [-0.39, 0.29) is 11.8 Å². The number of hydrogen-bond acceptors (Lipinski definition) is 0. The van der Waals surface area contributed by atoms with E-state index in [1.54, 1.807) is 0 Å². The smallest absolute Gasteiger partial charge is 0.0886 e. The van der Waals surface area contributed by atoms with Crippen molar-refractivity contribution in [3.05, 3.63) is 185 Å². The molecule has 200 valence electrons. The maximum Gasteiger partial charge on any atom is 0.139 e. The van der Waals surface area contributed by atoms with E-state index in [1.807, 2.05) is 0 Å². The fraction of sp³-hybridized carbons (Fsp3) is 0.0476. The third-order valence-corrected chi connectivity index (χ3v) is 9.67. The molecule has 0 saturated heterocycles. The van der Waals surface area contributed by atoms with Crippen molar-refractivity contribution in [1.82, 2.24) is 0 Å². The van der Waals surface area contributed by atoms with Crippen molar-refractivity contribution in [2.75, 3.05) is 0 Å². The lowest BCUT2D eigenvalue weighted by molar-refractivity contribution is 0.840. The van der Waals surface area contributed by atoms with Gasteiger partial charge in [0.1, 0.15) is 7.85 Å². The van der Waals surface area contributed by atoms with Crippen molar-refractivity contribution in [3.8, 4) is 0 Å². The fourth-order valence-corrected chi connectivity index (χ4v) is 7.80. The zero-order chi connectivity index (χ0) is 28.5. The summed E-state index contributed by atoms with van der Waals surface area (Å²) in [7, 11) is 2.23. The molecule has 43 heavy (non-hydrogen) atoms. The Hall–Kier alpha value is -5.14. The van der Waals surface area contributed by atoms with Gasteiger partial charge in [0, 0.05) is 11.8 Å².